The molecule has 0 radical (unpaired) electrons. The number of anilines is 2. The number of ether oxygens (including phenoxy) is 1. The van der Waals surface area contributed by atoms with Gasteiger partial charge in [-0.3, -0.25) is 4.79 Å². The van der Waals surface area contributed by atoms with E-state index in [-0.39, 0.29) is 5.91 Å². The summed E-state index contributed by atoms with van der Waals surface area (Å²) in [4.78, 5) is 27.8. The molecule has 6 heteroatoms. The van der Waals surface area contributed by atoms with Crippen molar-refractivity contribution in [1.82, 2.24) is 4.98 Å². The molecular formula is C17H19N3O3. The smallest absolute Gasteiger partial charge is 0.339 e. The third kappa shape index (κ3) is 4.81. The van der Waals surface area contributed by atoms with E-state index in [1.807, 2.05) is 30.3 Å². The third-order valence-electron chi connectivity index (χ3n) is 3.07. The molecule has 0 spiro atoms. The van der Waals surface area contributed by atoms with Gasteiger partial charge in [0.25, 0.3) is 0 Å². The van der Waals surface area contributed by atoms with E-state index in [0.717, 1.165) is 5.69 Å². The summed E-state index contributed by atoms with van der Waals surface area (Å²) in [5.74, 6) is -0.0809. The van der Waals surface area contributed by atoms with Crippen LogP contribution in [-0.4, -0.2) is 29.5 Å². The van der Waals surface area contributed by atoms with Crippen LogP contribution in [0.2, 0.25) is 0 Å². The summed E-state index contributed by atoms with van der Waals surface area (Å²) in [6.07, 6.45) is 1.42. The molecule has 1 unspecified atom stereocenters. The predicted octanol–water partition coefficient (Wildman–Crippen LogP) is 2.70. The van der Waals surface area contributed by atoms with E-state index in [1.54, 1.807) is 26.0 Å². The van der Waals surface area contributed by atoms with Crippen LogP contribution in [0.5, 0.6) is 0 Å². The Labute approximate surface area is 134 Å². The van der Waals surface area contributed by atoms with Crippen LogP contribution < -0.4 is 10.6 Å². The molecule has 0 aliphatic heterocycles. The third-order valence-corrected chi connectivity index (χ3v) is 3.07. The summed E-state index contributed by atoms with van der Waals surface area (Å²) >= 11 is 0. The van der Waals surface area contributed by atoms with Gasteiger partial charge in [-0.2, -0.15) is 0 Å². The molecule has 1 aromatic heterocycles. The van der Waals surface area contributed by atoms with E-state index in [9.17, 15) is 9.59 Å². The van der Waals surface area contributed by atoms with Crippen molar-refractivity contribution >= 4 is 23.4 Å². The molecule has 1 heterocycles. The van der Waals surface area contributed by atoms with Crippen molar-refractivity contribution in [2.45, 2.75) is 19.9 Å². The zero-order valence-corrected chi connectivity index (χ0v) is 13.1. The highest BCUT2D eigenvalue weighted by Gasteiger charge is 2.14. The topological polar surface area (TPSA) is 80.3 Å². The van der Waals surface area contributed by atoms with Crippen LogP contribution in [0.25, 0.3) is 0 Å². The zero-order valence-electron chi connectivity index (χ0n) is 13.1. The van der Waals surface area contributed by atoms with Crippen LogP contribution in [0.3, 0.4) is 0 Å². The normalized spacial score (nSPS) is 11.4. The Balaban J connectivity index is 1.93. The Morgan fingerprint density at radius 1 is 1.17 bits per heavy atom. The molecule has 0 aliphatic rings. The standard InChI is InChI=1S/C17H19N3O3/c1-3-23-17(22)13-9-10-15(18-11-13)19-12(2)16(21)20-14-7-5-4-6-8-14/h4-12H,3H2,1-2H3,(H,18,19)(H,20,21). The van der Waals surface area contributed by atoms with Crippen LogP contribution in [-0.2, 0) is 9.53 Å². The first-order valence-electron chi connectivity index (χ1n) is 7.35. The van der Waals surface area contributed by atoms with Crippen LogP contribution in [0.4, 0.5) is 11.5 Å². The second kappa shape index (κ2) is 7.93. The van der Waals surface area contributed by atoms with Crippen LogP contribution in [0, 0.1) is 0 Å². The van der Waals surface area contributed by atoms with E-state index in [2.05, 4.69) is 15.6 Å². The highest BCUT2D eigenvalue weighted by Crippen LogP contribution is 2.10. The summed E-state index contributed by atoms with van der Waals surface area (Å²) in [5, 5.41) is 5.79. The first-order chi connectivity index (χ1) is 11.1. The number of aromatic nitrogens is 1. The fraction of sp³-hybridized carbons (Fsp3) is 0.235. The van der Waals surface area contributed by atoms with Gasteiger partial charge < -0.3 is 15.4 Å². The number of pyridine rings is 1. The Kier molecular flexibility index (Phi) is 5.68. The maximum atomic E-state index is 12.1. The maximum absolute atomic E-state index is 12.1. The fourth-order valence-electron chi connectivity index (χ4n) is 1.87. The van der Waals surface area contributed by atoms with Crippen molar-refractivity contribution in [2.24, 2.45) is 0 Å². The molecule has 0 saturated carbocycles. The zero-order chi connectivity index (χ0) is 16.7. The Morgan fingerprint density at radius 3 is 2.52 bits per heavy atom. The molecule has 1 aromatic carbocycles. The Bertz CT molecular complexity index is 657. The van der Waals surface area contributed by atoms with Crippen molar-refractivity contribution < 1.29 is 14.3 Å². The molecule has 23 heavy (non-hydrogen) atoms. The van der Waals surface area contributed by atoms with Gasteiger partial charge in [0.2, 0.25) is 5.91 Å². The van der Waals surface area contributed by atoms with Crippen LogP contribution in [0.1, 0.15) is 24.2 Å². The second-order valence-corrected chi connectivity index (χ2v) is 4.87. The van der Waals surface area contributed by atoms with Gasteiger partial charge in [0.05, 0.1) is 12.2 Å². The predicted molar refractivity (Wildman–Crippen MR) is 88.3 cm³/mol. The summed E-state index contributed by atoms with van der Waals surface area (Å²) < 4.78 is 4.89. The minimum atomic E-state index is -0.476. The van der Waals surface area contributed by atoms with Gasteiger partial charge in [-0.1, -0.05) is 18.2 Å². The number of benzene rings is 1. The molecular weight excluding hydrogens is 294 g/mol. The lowest BCUT2D eigenvalue weighted by Gasteiger charge is -2.14. The first kappa shape index (κ1) is 16.5. The quantitative estimate of drug-likeness (QED) is 0.802. The van der Waals surface area contributed by atoms with Crippen molar-refractivity contribution in [3.05, 3.63) is 54.2 Å². The first-order valence-corrected chi connectivity index (χ1v) is 7.35. The maximum Gasteiger partial charge on any atom is 0.339 e. The number of para-hydroxylation sites is 1. The van der Waals surface area contributed by atoms with Crippen molar-refractivity contribution in [3.8, 4) is 0 Å². The van der Waals surface area contributed by atoms with E-state index in [1.165, 1.54) is 6.20 Å². The number of rotatable bonds is 6. The van der Waals surface area contributed by atoms with Gasteiger partial charge in [0.15, 0.2) is 0 Å². The Morgan fingerprint density at radius 2 is 1.91 bits per heavy atom. The van der Waals surface area contributed by atoms with E-state index >= 15 is 0 Å². The van der Waals surface area contributed by atoms with E-state index < -0.39 is 12.0 Å². The number of hydrogen-bond acceptors (Lipinski definition) is 5. The molecule has 120 valence electrons. The minimum absolute atomic E-state index is 0.174. The molecule has 2 aromatic rings. The lowest BCUT2D eigenvalue weighted by molar-refractivity contribution is -0.116. The molecule has 0 aliphatic carbocycles. The van der Waals surface area contributed by atoms with Crippen LogP contribution >= 0.6 is 0 Å². The molecule has 1 atom stereocenters. The lowest BCUT2D eigenvalue weighted by Crippen LogP contribution is -2.32. The lowest BCUT2D eigenvalue weighted by atomic mass is 10.2. The van der Waals surface area contributed by atoms with Crippen LogP contribution in [0.15, 0.2) is 48.7 Å². The van der Waals surface area contributed by atoms with Crippen molar-refractivity contribution in [3.63, 3.8) is 0 Å². The average molecular weight is 313 g/mol. The summed E-state index contributed by atoms with van der Waals surface area (Å²) in [5.41, 5.74) is 1.11. The molecule has 2 rings (SSSR count). The molecule has 6 nitrogen and oxygen atoms in total. The van der Waals surface area contributed by atoms with Crippen molar-refractivity contribution in [1.29, 1.82) is 0 Å². The molecule has 0 fully saturated rings. The number of esters is 1. The fourth-order valence-corrected chi connectivity index (χ4v) is 1.87. The van der Waals surface area contributed by atoms with Gasteiger partial charge in [-0.15, -0.1) is 0 Å². The molecule has 2 N–H and O–H groups in total. The number of carbonyl (C=O) groups is 2. The number of amides is 1. The highest BCUT2D eigenvalue weighted by molar-refractivity contribution is 5.96. The molecule has 0 saturated heterocycles. The van der Waals surface area contributed by atoms with E-state index in [4.69, 9.17) is 4.74 Å². The molecule has 1 amide bonds. The van der Waals surface area contributed by atoms with Gasteiger partial charge in [0.1, 0.15) is 11.9 Å². The van der Waals surface area contributed by atoms with Gasteiger partial charge in [0, 0.05) is 11.9 Å². The number of carbonyl (C=O) groups excluding carboxylic acids is 2. The van der Waals surface area contributed by atoms with Gasteiger partial charge >= 0.3 is 5.97 Å². The van der Waals surface area contributed by atoms with Gasteiger partial charge in [-0.25, -0.2) is 9.78 Å². The van der Waals surface area contributed by atoms with Crippen molar-refractivity contribution in [2.75, 3.05) is 17.2 Å². The minimum Gasteiger partial charge on any atom is -0.462 e. The average Bonchev–Trinajstić information content (AvgIpc) is 2.56. The summed E-state index contributed by atoms with van der Waals surface area (Å²) in [7, 11) is 0. The summed E-state index contributed by atoms with van der Waals surface area (Å²) in [6.45, 7) is 3.79. The Hall–Kier alpha value is -2.89. The second-order valence-electron chi connectivity index (χ2n) is 4.87. The SMILES string of the molecule is CCOC(=O)c1ccc(NC(C)C(=O)Nc2ccccc2)nc1. The number of nitrogens with zero attached hydrogens (tertiary/aromatic N) is 1. The van der Waals surface area contributed by atoms with Gasteiger partial charge in [-0.05, 0) is 38.1 Å². The largest absolute Gasteiger partial charge is 0.462 e. The highest BCUT2D eigenvalue weighted by atomic mass is 16.5. The monoisotopic (exact) mass is 313 g/mol. The summed E-state index contributed by atoms with van der Waals surface area (Å²) in [6, 6.07) is 12.0. The number of nitrogens with one attached hydrogen (secondary N) is 2. The van der Waals surface area contributed by atoms with E-state index in [0.29, 0.717) is 18.0 Å². The number of hydrogen-bond donors (Lipinski definition) is 2. The molecule has 0 bridgehead atoms.